The maximum absolute atomic E-state index is 12.2. The Bertz CT molecular complexity index is 411. The number of thiophene rings is 1. The van der Waals surface area contributed by atoms with Gasteiger partial charge in [-0.2, -0.15) is 0 Å². The van der Waals surface area contributed by atoms with Crippen molar-refractivity contribution in [2.24, 2.45) is 5.92 Å². The van der Waals surface area contributed by atoms with Crippen LogP contribution in [-0.2, 0) is 0 Å². The summed E-state index contributed by atoms with van der Waals surface area (Å²) in [4.78, 5) is 14.8. The van der Waals surface area contributed by atoms with Crippen LogP contribution in [0.1, 0.15) is 28.6 Å². The quantitative estimate of drug-likeness (QED) is 0.911. The number of aryl methyl sites for hydroxylation is 1. The van der Waals surface area contributed by atoms with Crippen molar-refractivity contribution < 1.29 is 9.90 Å². The van der Waals surface area contributed by atoms with Gasteiger partial charge < -0.3 is 10.0 Å². The summed E-state index contributed by atoms with van der Waals surface area (Å²) in [6, 6.07) is 1.92. The molecule has 2 unspecified atom stereocenters. The van der Waals surface area contributed by atoms with E-state index < -0.39 is 0 Å². The largest absolute Gasteiger partial charge is 0.393 e. The molecule has 3 nitrogen and oxygen atoms in total. The fourth-order valence-corrected chi connectivity index (χ4v) is 3.59. The van der Waals surface area contributed by atoms with Crippen LogP contribution < -0.4 is 0 Å². The molecule has 1 N–H and O–H groups in total. The van der Waals surface area contributed by atoms with Crippen LogP contribution in [0.2, 0.25) is 0 Å². The first-order valence-corrected chi connectivity index (χ1v) is 7.33. The summed E-state index contributed by atoms with van der Waals surface area (Å²) in [5.74, 6) is 0.315. The molecule has 17 heavy (non-hydrogen) atoms. The van der Waals surface area contributed by atoms with Crippen molar-refractivity contribution in [3.05, 3.63) is 20.3 Å². The molecular formula is C12H16BrNO2S. The van der Waals surface area contributed by atoms with Gasteiger partial charge in [-0.25, -0.2) is 0 Å². The van der Waals surface area contributed by atoms with Crippen LogP contribution in [0.15, 0.2) is 9.85 Å². The molecule has 1 amide bonds. The molecular weight excluding hydrogens is 302 g/mol. The van der Waals surface area contributed by atoms with Crippen LogP contribution >= 0.6 is 27.3 Å². The Hall–Kier alpha value is -0.390. The Morgan fingerprint density at radius 2 is 2.41 bits per heavy atom. The Kier molecular flexibility index (Phi) is 3.90. The number of rotatable bonds is 2. The molecule has 1 fully saturated rings. The van der Waals surface area contributed by atoms with Crippen molar-refractivity contribution in [2.45, 2.75) is 26.4 Å². The molecule has 1 aromatic rings. The van der Waals surface area contributed by atoms with Crippen LogP contribution in [0, 0.1) is 12.8 Å². The van der Waals surface area contributed by atoms with Gasteiger partial charge in [0.25, 0.3) is 5.91 Å². The molecule has 0 aromatic carbocycles. The summed E-state index contributed by atoms with van der Waals surface area (Å²) >= 11 is 4.92. The van der Waals surface area contributed by atoms with E-state index in [-0.39, 0.29) is 17.9 Å². The third-order valence-corrected chi connectivity index (χ3v) is 5.39. The maximum atomic E-state index is 12.2. The second-order valence-electron chi connectivity index (χ2n) is 4.61. The molecule has 1 aliphatic rings. The lowest BCUT2D eigenvalue weighted by Crippen LogP contribution is -2.29. The molecule has 94 valence electrons. The lowest BCUT2D eigenvalue weighted by Gasteiger charge is -2.16. The highest BCUT2D eigenvalue weighted by molar-refractivity contribution is 9.11. The van der Waals surface area contributed by atoms with E-state index >= 15 is 0 Å². The summed E-state index contributed by atoms with van der Waals surface area (Å²) in [5.41, 5.74) is 1.10. The van der Waals surface area contributed by atoms with E-state index in [9.17, 15) is 9.90 Å². The maximum Gasteiger partial charge on any atom is 0.263 e. The van der Waals surface area contributed by atoms with Crippen LogP contribution in [-0.4, -0.2) is 35.1 Å². The van der Waals surface area contributed by atoms with Crippen LogP contribution in [0.5, 0.6) is 0 Å². The SMILES string of the molecule is Cc1cc(C(=O)N2CCC(C(C)O)C2)sc1Br. The first-order valence-electron chi connectivity index (χ1n) is 5.72. The van der Waals surface area contributed by atoms with E-state index in [1.165, 1.54) is 11.3 Å². The van der Waals surface area contributed by atoms with E-state index in [2.05, 4.69) is 15.9 Å². The van der Waals surface area contributed by atoms with E-state index in [1.54, 1.807) is 6.92 Å². The predicted octanol–water partition coefficient (Wildman–Crippen LogP) is 2.66. The van der Waals surface area contributed by atoms with Crippen LogP contribution in [0.25, 0.3) is 0 Å². The van der Waals surface area contributed by atoms with Gasteiger partial charge in [0.1, 0.15) is 0 Å². The van der Waals surface area contributed by atoms with Crippen molar-refractivity contribution in [1.29, 1.82) is 0 Å². The Morgan fingerprint density at radius 1 is 1.71 bits per heavy atom. The minimum atomic E-state index is -0.329. The number of nitrogens with zero attached hydrogens (tertiary/aromatic N) is 1. The number of aliphatic hydroxyl groups is 1. The molecule has 2 rings (SSSR count). The number of amides is 1. The average molecular weight is 318 g/mol. The number of likely N-dealkylation sites (tertiary alicyclic amines) is 1. The Labute approximate surface area is 114 Å². The molecule has 0 bridgehead atoms. The summed E-state index contributed by atoms with van der Waals surface area (Å²) in [7, 11) is 0. The molecule has 1 saturated heterocycles. The van der Waals surface area contributed by atoms with E-state index in [0.717, 1.165) is 27.2 Å². The van der Waals surface area contributed by atoms with E-state index in [4.69, 9.17) is 0 Å². The molecule has 5 heteroatoms. The number of hydrogen-bond donors (Lipinski definition) is 1. The van der Waals surface area contributed by atoms with Gasteiger partial charge in [0, 0.05) is 19.0 Å². The zero-order valence-corrected chi connectivity index (χ0v) is 12.3. The molecule has 0 spiro atoms. The number of carbonyl (C=O) groups is 1. The lowest BCUT2D eigenvalue weighted by atomic mass is 10.0. The smallest absolute Gasteiger partial charge is 0.263 e. The number of hydrogen-bond acceptors (Lipinski definition) is 3. The summed E-state index contributed by atoms with van der Waals surface area (Å²) < 4.78 is 1.02. The predicted molar refractivity (Wildman–Crippen MR) is 72.4 cm³/mol. The topological polar surface area (TPSA) is 40.5 Å². The van der Waals surface area contributed by atoms with Crippen molar-refractivity contribution in [3.8, 4) is 0 Å². The highest BCUT2D eigenvalue weighted by Gasteiger charge is 2.30. The van der Waals surface area contributed by atoms with Gasteiger partial charge in [-0.05, 0) is 47.8 Å². The van der Waals surface area contributed by atoms with E-state index in [0.29, 0.717) is 6.54 Å². The lowest BCUT2D eigenvalue weighted by molar-refractivity contribution is 0.0767. The van der Waals surface area contributed by atoms with Crippen molar-refractivity contribution >= 4 is 33.2 Å². The number of carbonyl (C=O) groups excluding carboxylic acids is 1. The molecule has 0 aliphatic carbocycles. The van der Waals surface area contributed by atoms with Crippen LogP contribution in [0.3, 0.4) is 0 Å². The monoisotopic (exact) mass is 317 g/mol. The molecule has 2 heterocycles. The second-order valence-corrected chi connectivity index (χ2v) is 6.98. The first-order chi connectivity index (χ1) is 7.99. The fourth-order valence-electron chi connectivity index (χ4n) is 2.09. The van der Waals surface area contributed by atoms with Gasteiger partial charge in [-0.3, -0.25) is 4.79 Å². The van der Waals surface area contributed by atoms with Gasteiger partial charge in [0.15, 0.2) is 0 Å². The average Bonchev–Trinajstić information content (AvgIpc) is 2.86. The zero-order chi connectivity index (χ0) is 12.6. The summed E-state index contributed by atoms with van der Waals surface area (Å²) in [5, 5.41) is 9.53. The summed E-state index contributed by atoms with van der Waals surface area (Å²) in [6.45, 7) is 5.21. The third kappa shape index (κ3) is 2.72. The van der Waals surface area contributed by atoms with Gasteiger partial charge in [0.2, 0.25) is 0 Å². The highest BCUT2D eigenvalue weighted by atomic mass is 79.9. The Morgan fingerprint density at radius 3 is 2.88 bits per heavy atom. The van der Waals surface area contributed by atoms with Gasteiger partial charge in [0.05, 0.1) is 14.8 Å². The number of halogens is 1. The third-order valence-electron chi connectivity index (χ3n) is 3.26. The number of aliphatic hydroxyl groups excluding tert-OH is 1. The first kappa shape index (κ1) is 13.1. The zero-order valence-electron chi connectivity index (χ0n) is 9.94. The summed E-state index contributed by atoms with van der Waals surface area (Å²) in [6.07, 6.45) is 0.569. The van der Waals surface area contributed by atoms with Gasteiger partial charge in [-0.15, -0.1) is 11.3 Å². The van der Waals surface area contributed by atoms with Gasteiger partial charge >= 0.3 is 0 Å². The van der Waals surface area contributed by atoms with Crippen molar-refractivity contribution in [3.63, 3.8) is 0 Å². The molecule has 1 aromatic heterocycles. The van der Waals surface area contributed by atoms with E-state index in [1.807, 2.05) is 17.9 Å². The van der Waals surface area contributed by atoms with Crippen molar-refractivity contribution in [1.82, 2.24) is 4.90 Å². The standard InChI is InChI=1S/C12H16BrNO2S/c1-7-5-10(17-11(7)13)12(16)14-4-3-9(6-14)8(2)15/h5,8-9,15H,3-4,6H2,1-2H3. The highest BCUT2D eigenvalue weighted by Crippen LogP contribution is 2.30. The normalized spacial score (nSPS) is 21.9. The minimum Gasteiger partial charge on any atom is -0.393 e. The van der Waals surface area contributed by atoms with Crippen molar-refractivity contribution in [2.75, 3.05) is 13.1 Å². The molecule has 1 aliphatic heterocycles. The molecule has 2 atom stereocenters. The second kappa shape index (κ2) is 5.08. The molecule has 0 radical (unpaired) electrons. The Balaban J connectivity index is 2.07. The molecule has 0 saturated carbocycles. The van der Waals surface area contributed by atoms with Gasteiger partial charge in [-0.1, -0.05) is 0 Å². The minimum absolute atomic E-state index is 0.0898. The van der Waals surface area contributed by atoms with Crippen LogP contribution in [0.4, 0.5) is 0 Å². The fraction of sp³-hybridized carbons (Fsp3) is 0.583.